The highest BCUT2D eigenvalue weighted by atomic mass is 32.2. The average molecular weight is 120 g/mol. The summed E-state index contributed by atoms with van der Waals surface area (Å²) in [5.41, 5.74) is 0. The molecule has 0 saturated carbocycles. The second-order valence-corrected chi connectivity index (χ2v) is 3.05. The normalized spacial score (nSPS) is 32.9. The van der Waals surface area contributed by atoms with E-state index in [2.05, 4.69) is 0 Å². The van der Waals surface area contributed by atoms with E-state index < -0.39 is 10.8 Å². The van der Waals surface area contributed by atoms with Gasteiger partial charge in [0, 0.05) is 23.2 Å². The smallest absolute Gasteiger partial charge is 0.122 e. The Morgan fingerprint density at radius 2 is 2.43 bits per heavy atom. The van der Waals surface area contributed by atoms with Crippen LogP contribution >= 0.6 is 0 Å². The SMILES string of the molecule is O=[S@@]1CCCOC1. The predicted octanol–water partition coefficient (Wildman–Crippen LogP) is 0.113. The summed E-state index contributed by atoms with van der Waals surface area (Å²) in [5, 5.41) is 0. The van der Waals surface area contributed by atoms with Gasteiger partial charge in [-0.2, -0.15) is 0 Å². The number of hydrogen-bond acceptors (Lipinski definition) is 2. The van der Waals surface area contributed by atoms with Crippen LogP contribution in [0.3, 0.4) is 0 Å². The van der Waals surface area contributed by atoms with Gasteiger partial charge in [-0.3, -0.25) is 4.21 Å². The van der Waals surface area contributed by atoms with E-state index in [0.717, 1.165) is 18.8 Å². The zero-order valence-electron chi connectivity index (χ0n) is 4.05. The van der Waals surface area contributed by atoms with Gasteiger partial charge >= 0.3 is 0 Å². The Bertz CT molecular complexity index is 73.8. The van der Waals surface area contributed by atoms with Gasteiger partial charge in [-0.1, -0.05) is 0 Å². The second kappa shape index (κ2) is 2.43. The van der Waals surface area contributed by atoms with Gasteiger partial charge in [-0.15, -0.1) is 0 Å². The minimum atomic E-state index is -0.662. The molecule has 0 radical (unpaired) electrons. The molecule has 7 heavy (non-hydrogen) atoms. The van der Waals surface area contributed by atoms with Crippen molar-refractivity contribution >= 4 is 10.8 Å². The number of rotatable bonds is 0. The lowest BCUT2D eigenvalue weighted by Gasteiger charge is -2.08. The molecule has 0 aromatic rings. The van der Waals surface area contributed by atoms with Crippen molar-refractivity contribution in [3.8, 4) is 0 Å². The summed E-state index contributed by atoms with van der Waals surface area (Å²) in [6, 6.07) is 0. The first-order valence-electron chi connectivity index (χ1n) is 2.32. The molecule has 1 aliphatic rings. The van der Waals surface area contributed by atoms with Crippen LogP contribution in [0.15, 0.2) is 0 Å². The van der Waals surface area contributed by atoms with E-state index >= 15 is 0 Å². The van der Waals surface area contributed by atoms with Crippen molar-refractivity contribution in [2.75, 3.05) is 18.3 Å². The van der Waals surface area contributed by atoms with Gasteiger partial charge in [0.25, 0.3) is 0 Å². The summed E-state index contributed by atoms with van der Waals surface area (Å²) in [4.78, 5) is 0. The van der Waals surface area contributed by atoms with Crippen molar-refractivity contribution in [3.63, 3.8) is 0 Å². The molecule has 1 aliphatic heterocycles. The minimum absolute atomic E-state index is 0.458. The maximum Gasteiger partial charge on any atom is 0.122 e. The van der Waals surface area contributed by atoms with Crippen molar-refractivity contribution in [1.29, 1.82) is 0 Å². The molecule has 0 aromatic heterocycles. The van der Waals surface area contributed by atoms with Crippen molar-refractivity contribution in [3.05, 3.63) is 0 Å². The van der Waals surface area contributed by atoms with Gasteiger partial charge in [0.1, 0.15) is 5.94 Å². The van der Waals surface area contributed by atoms with E-state index in [1.54, 1.807) is 0 Å². The molecule has 2 nitrogen and oxygen atoms in total. The van der Waals surface area contributed by atoms with Crippen molar-refractivity contribution in [1.82, 2.24) is 0 Å². The van der Waals surface area contributed by atoms with E-state index in [1.165, 1.54) is 0 Å². The summed E-state index contributed by atoms with van der Waals surface area (Å²) in [5.74, 6) is 1.29. The molecular formula is C4H8O2S. The van der Waals surface area contributed by atoms with E-state index in [9.17, 15) is 4.21 Å². The van der Waals surface area contributed by atoms with E-state index in [-0.39, 0.29) is 0 Å². The first-order chi connectivity index (χ1) is 3.39. The lowest BCUT2D eigenvalue weighted by molar-refractivity contribution is 0.172. The third-order valence-corrected chi connectivity index (χ3v) is 2.05. The van der Waals surface area contributed by atoms with Crippen molar-refractivity contribution < 1.29 is 8.95 Å². The molecule has 1 saturated heterocycles. The molecule has 3 heteroatoms. The molecule has 42 valence electrons. The Labute approximate surface area is 45.3 Å². The minimum Gasteiger partial charge on any atom is -0.368 e. The average Bonchev–Trinajstić information content (AvgIpc) is 1.69. The zero-order valence-corrected chi connectivity index (χ0v) is 4.87. The van der Waals surface area contributed by atoms with Crippen LogP contribution in [0.5, 0.6) is 0 Å². The zero-order chi connectivity index (χ0) is 5.11. The molecule has 1 heterocycles. The topological polar surface area (TPSA) is 26.3 Å². The number of hydrogen-bond donors (Lipinski definition) is 0. The molecule has 0 aromatic carbocycles. The fraction of sp³-hybridized carbons (Fsp3) is 1.00. The molecule has 0 N–H and O–H groups in total. The molecule has 0 spiro atoms. The van der Waals surface area contributed by atoms with Crippen LogP contribution < -0.4 is 0 Å². The lowest BCUT2D eigenvalue weighted by Crippen LogP contribution is -2.14. The third-order valence-electron chi connectivity index (χ3n) is 0.875. The Morgan fingerprint density at radius 1 is 1.57 bits per heavy atom. The van der Waals surface area contributed by atoms with E-state index in [4.69, 9.17) is 4.74 Å². The maximum atomic E-state index is 10.4. The Kier molecular flexibility index (Phi) is 1.82. The third kappa shape index (κ3) is 1.57. The van der Waals surface area contributed by atoms with Crippen LogP contribution in [0, 0.1) is 0 Å². The standard InChI is InChI=1S/C4H8O2S/c5-7-3-1-2-6-4-7/h1-4H2/t7-/m1/s1. The fourth-order valence-corrected chi connectivity index (χ4v) is 1.39. The largest absolute Gasteiger partial charge is 0.368 e. The van der Waals surface area contributed by atoms with E-state index in [0.29, 0.717) is 5.94 Å². The number of ether oxygens (including phenoxy) is 1. The Morgan fingerprint density at radius 3 is 2.71 bits per heavy atom. The van der Waals surface area contributed by atoms with Crippen LogP contribution in [0.1, 0.15) is 6.42 Å². The van der Waals surface area contributed by atoms with Gasteiger partial charge in [0.2, 0.25) is 0 Å². The quantitative estimate of drug-likeness (QED) is 0.453. The summed E-state index contributed by atoms with van der Waals surface area (Å²) >= 11 is 0. The van der Waals surface area contributed by atoms with Crippen molar-refractivity contribution in [2.24, 2.45) is 0 Å². The molecule has 0 amide bonds. The first kappa shape index (κ1) is 5.25. The van der Waals surface area contributed by atoms with Crippen LogP contribution in [0.25, 0.3) is 0 Å². The van der Waals surface area contributed by atoms with Crippen LogP contribution in [0.4, 0.5) is 0 Å². The fourth-order valence-electron chi connectivity index (χ4n) is 0.533. The summed E-state index contributed by atoms with van der Waals surface area (Å²) in [6.45, 7) is 0.797. The lowest BCUT2D eigenvalue weighted by atomic mass is 10.5. The molecule has 1 atom stereocenters. The highest BCUT2D eigenvalue weighted by molar-refractivity contribution is 7.84. The molecule has 1 fully saturated rings. The van der Waals surface area contributed by atoms with E-state index in [1.807, 2.05) is 0 Å². The Balaban J connectivity index is 2.25. The summed E-state index contributed by atoms with van der Waals surface area (Å²) in [6.07, 6.45) is 0.965. The maximum absolute atomic E-state index is 10.4. The van der Waals surface area contributed by atoms with Gasteiger partial charge in [0.15, 0.2) is 0 Å². The molecule has 0 bridgehead atoms. The molecule has 0 aliphatic carbocycles. The van der Waals surface area contributed by atoms with Gasteiger partial charge in [0.05, 0.1) is 0 Å². The van der Waals surface area contributed by atoms with Gasteiger partial charge < -0.3 is 4.74 Å². The predicted molar refractivity (Wildman–Crippen MR) is 28.4 cm³/mol. The highest BCUT2D eigenvalue weighted by Gasteiger charge is 2.04. The van der Waals surface area contributed by atoms with Crippen molar-refractivity contribution in [2.45, 2.75) is 6.42 Å². The molecule has 0 unspecified atom stereocenters. The molecule has 1 rings (SSSR count). The second-order valence-electron chi connectivity index (χ2n) is 1.52. The summed E-state index contributed by atoms with van der Waals surface area (Å²) < 4.78 is 15.3. The highest BCUT2D eigenvalue weighted by Crippen LogP contribution is 1.96. The monoisotopic (exact) mass is 120 g/mol. The van der Waals surface area contributed by atoms with Gasteiger partial charge in [-0.25, -0.2) is 0 Å². The van der Waals surface area contributed by atoms with Crippen LogP contribution in [-0.4, -0.2) is 22.5 Å². The van der Waals surface area contributed by atoms with Crippen LogP contribution in [-0.2, 0) is 15.5 Å². The molecular weight excluding hydrogens is 112 g/mol. The summed E-state index contributed by atoms with van der Waals surface area (Å²) in [7, 11) is -0.662. The first-order valence-corrected chi connectivity index (χ1v) is 3.81. The van der Waals surface area contributed by atoms with Gasteiger partial charge in [-0.05, 0) is 6.42 Å². The van der Waals surface area contributed by atoms with Crippen LogP contribution in [0.2, 0.25) is 0 Å². The Hall–Kier alpha value is 0.110.